The van der Waals surface area contributed by atoms with Crippen molar-refractivity contribution >= 4 is 5.91 Å². The summed E-state index contributed by atoms with van der Waals surface area (Å²) >= 11 is 0. The van der Waals surface area contributed by atoms with Gasteiger partial charge in [-0.3, -0.25) is 4.79 Å². The van der Waals surface area contributed by atoms with Crippen LogP contribution < -0.4 is 15.8 Å². The number of ether oxygens (including phenoxy) is 1. The fourth-order valence-corrected chi connectivity index (χ4v) is 2.16. The van der Waals surface area contributed by atoms with Gasteiger partial charge in [-0.05, 0) is 44.4 Å². The van der Waals surface area contributed by atoms with Gasteiger partial charge in [0.15, 0.2) is 6.61 Å². The minimum absolute atomic E-state index is 0.0576. The number of carbonyl (C=O) groups excluding carboxylic acids is 1. The molecule has 1 aromatic rings. The minimum atomic E-state index is -0.386. The normalized spacial score (nSPS) is 13.6. The lowest BCUT2D eigenvalue weighted by Crippen LogP contribution is -2.35. The number of amides is 1. The van der Waals surface area contributed by atoms with Crippen LogP contribution in [0.1, 0.15) is 39.2 Å². The van der Waals surface area contributed by atoms with Crippen LogP contribution >= 0.6 is 0 Å². The second-order valence-corrected chi connectivity index (χ2v) is 5.52. The number of halogens is 1. The van der Waals surface area contributed by atoms with E-state index in [1.54, 1.807) is 6.07 Å². The van der Waals surface area contributed by atoms with Crippen molar-refractivity contribution in [3.63, 3.8) is 0 Å². The number of nitrogens with two attached hydrogens (primary N) is 1. The Morgan fingerprint density at radius 3 is 2.71 bits per heavy atom. The summed E-state index contributed by atoms with van der Waals surface area (Å²) in [4.78, 5) is 11.7. The van der Waals surface area contributed by atoms with E-state index in [4.69, 9.17) is 10.5 Å². The zero-order valence-electron chi connectivity index (χ0n) is 13.0. The van der Waals surface area contributed by atoms with Gasteiger partial charge in [0.1, 0.15) is 11.6 Å². The molecule has 2 atom stereocenters. The van der Waals surface area contributed by atoms with E-state index in [0.717, 1.165) is 18.4 Å². The van der Waals surface area contributed by atoms with Gasteiger partial charge in [-0.15, -0.1) is 0 Å². The van der Waals surface area contributed by atoms with Crippen LogP contribution in [0.2, 0.25) is 0 Å². The monoisotopic (exact) mass is 296 g/mol. The van der Waals surface area contributed by atoms with Gasteiger partial charge in [0, 0.05) is 18.2 Å². The summed E-state index contributed by atoms with van der Waals surface area (Å²) < 4.78 is 18.8. The predicted octanol–water partition coefficient (Wildman–Crippen LogP) is 2.40. The SMILES string of the molecule is CCCC(C)NC(=O)COc1cc(F)cc(CC(C)N)c1. The van der Waals surface area contributed by atoms with Crippen LogP contribution in [0.25, 0.3) is 0 Å². The standard InChI is InChI=1S/C16H25FN2O2/c1-4-5-12(3)19-16(20)10-21-15-8-13(6-11(2)18)7-14(17)9-15/h7-9,11-12H,4-6,10,18H2,1-3H3,(H,19,20). The van der Waals surface area contributed by atoms with Crippen LogP contribution in [0, 0.1) is 5.82 Å². The molecule has 0 bridgehead atoms. The number of carbonyl (C=O) groups is 1. The van der Waals surface area contributed by atoms with Crippen molar-refractivity contribution < 1.29 is 13.9 Å². The Bertz CT molecular complexity index is 464. The maximum Gasteiger partial charge on any atom is 0.258 e. The van der Waals surface area contributed by atoms with Crippen molar-refractivity contribution in [2.45, 2.75) is 52.1 Å². The summed E-state index contributed by atoms with van der Waals surface area (Å²) in [6, 6.07) is 4.48. The smallest absolute Gasteiger partial charge is 0.258 e. The van der Waals surface area contributed by atoms with Crippen LogP contribution in [-0.4, -0.2) is 24.6 Å². The van der Waals surface area contributed by atoms with E-state index in [9.17, 15) is 9.18 Å². The number of nitrogens with one attached hydrogen (secondary N) is 1. The van der Waals surface area contributed by atoms with E-state index in [1.807, 2.05) is 13.8 Å². The highest BCUT2D eigenvalue weighted by Gasteiger charge is 2.09. The quantitative estimate of drug-likeness (QED) is 0.774. The molecule has 4 nitrogen and oxygen atoms in total. The zero-order chi connectivity index (χ0) is 15.8. The molecule has 0 fully saturated rings. The number of benzene rings is 1. The van der Waals surface area contributed by atoms with Gasteiger partial charge in [0.2, 0.25) is 0 Å². The molecule has 1 amide bonds. The Morgan fingerprint density at radius 1 is 1.38 bits per heavy atom. The maximum atomic E-state index is 13.5. The average molecular weight is 296 g/mol. The molecule has 0 aliphatic carbocycles. The first-order chi connectivity index (χ1) is 9.90. The lowest BCUT2D eigenvalue weighted by Gasteiger charge is -2.14. The molecular weight excluding hydrogens is 271 g/mol. The fraction of sp³-hybridized carbons (Fsp3) is 0.562. The van der Waals surface area contributed by atoms with Crippen molar-refractivity contribution in [3.8, 4) is 5.75 Å². The first-order valence-corrected chi connectivity index (χ1v) is 7.38. The minimum Gasteiger partial charge on any atom is -0.484 e. The molecule has 118 valence electrons. The fourth-order valence-electron chi connectivity index (χ4n) is 2.16. The van der Waals surface area contributed by atoms with E-state index in [0.29, 0.717) is 12.2 Å². The first kappa shape index (κ1) is 17.4. The Morgan fingerprint density at radius 2 is 2.10 bits per heavy atom. The molecule has 0 aromatic heterocycles. The van der Waals surface area contributed by atoms with Gasteiger partial charge >= 0.3 is 0 Å². The van der Waals surface area contributed by atoms with Crippen LogP contribution in [0.5, 0.6) is 5.75 Å². The average Bonchev–Trinajstić information content (AvgIpc) is 2.35. The summed E-state index contributed by atoms with van der Waals surface area (Å²) in [6.07, 6.45) is 2.49. The van der Waals surface area contributed by atoms with Crippen molar-refractivity contribution in [1.29, 1.82) is 0 Å². The van der Waals surface area contributed by atoms with Crippen LogP contribution in [0.4, 0.5) is 4.39 Å². The summed E-state index contributed by atoms with van der Waals surface area (Å²) in [6.45, 7) is 5.75. The van der Waals surface area contributed by atoms with E-state index >= 15 is 0 Å². The molecular formula is C16H25FN2O2. The molecule has 3 N–H and O–H groups in total. The zero-order valence-corrected chi connectivity index (χ0v) is 13.0. The summed E-state index contributed by atoms with van der Waals surface area (Å²) in [5, 5.41) is 2.83. The molecule has 0 heterocycles. The first-order valence-electron chi connectivity index (χ1n) is 7.38. The largest absolute Gasteiger partial charge is 0.484 e. The van der Waals surface area contributed by atoms with Crippen LogP contribution in [-0.2, 0) is 11.2 Å². The topological polar surface area (TPSA) is 64.3 Å². The Hall–Kier alpha value is -1.62. The molecule has 2 unspecified atom stereocenters. The van der Waals surface area contributed by atoms with Gasteiger partial charge in [-0.1, -0.05) is 13.3 Å². The Labute approximate surface area is 125 Å². The number of hydrogen-bond acceptors (Lipinski definition) is 3. The van der Waals surface area contributed by atoms with Gasteiger partial charge < -0.3 is 15.8 Å². The van der Waals surface area contributed by atoms with Gasteiger partial charge in [-0.25, -0.2) is 4.39 Å². The lowest BCUT2D eigenvalue weighted by molar-refractivity contribution is -0.123. The number of rotatable bonds is 8. The van der Waals surface area contributed by atoms with E-state index < -0.39 is 0 Å². The molecule has 0 saturated heterocycles. The Balaban J connectivity index is 2.54. The second-order valence-electron chi connectivity index (χ2n) is 5.52. The Kier molecular flexibility index (Phi) is 7.15. The second kappa shape index (κ2) is 8.62. The van der Waals surface area contributed by atoms with Gasteiger partial charge in [0.05, 0.1) is 0 Å². The third-order valence-electron chi connectivity index (χ3n) is 2.99. The third kappa shape index (κ3) is 7.09. The lowest BCUT2D eigenvalue weighted by atomic mass is 10.1. The molecule has 0 radical (unpaired) electrons. The third-order valence-corrected chi connectivity index (χ3v) is 2.99. The predicted molar refractivity (Wildman–Crippen MR) is 81.8 cm³/mol. The van der Waals surface area contributed by atoms with Crippen LogP contribution in [0.3, 0.4) is 0 Å². The summed E-state index contributed by atoms with van der Waals surface area (Å²) in [7, 11) is 0. The van der Waals surface area contributed by atoms with Gasteiger partial charge in [0.25, 0.3) is 5.91 Å². The highest BCUT2D eigenvalue weighted by molar-refractivity contribution is 5.77. The van der Waals surface area contributed by atoms with E-state index in [2.05, 4.69) is 12.2 Å². The highest BCUT2D eigenvalue weighted by atomic mass is 19.1. The molecule has 5 heteroatoms. The molecule has 21 heavy (non-hydrogen) atoms. The molecule has 0 spiro atoms. The molecule has 1 rings (SSSR count). The molecule has 0 aliphatic rings. The highest BCUT2D eigenvalue weighted by Crippen LogP contribution is 2.17. The van der Waals surface area contributed by atoms with E-state index in [-0.39, 0.29) is 30.4 Å². The summed E-state index contributed by atoms with van der Waals surface area (Å²) in [5.41, 5.74) is 6.47. The maximum absolute atomic E-state index is 13.5. The molecule has 0 saturated carbocycles. The van der Waals surface area contributed by atoms with Crippen molar-refractivity contribution in [2.75, 3.05) is 6.61 Å². The van der Waals surface area contributed by atoms with Crippen molar-refractivity contribution in [1.82, 2.24) is 5.32 Å². The number of hydrogen-bond donors (Lipinski definition) is 2. The van der Waals surface area contributed by atoms with Crippen molar-refractivity contribution in [3.05, 3.63) is 29.6 Å². The molecule has 0 aliphatic heterocycles. The van der Waals surface area contributed by atoms with E-state index in [1.165, 1.54) is 12.1 Å². The summed E-state index contributed by atoms with van der Waals surface area (Å²) in [5.74, 6) is -0.235. The van der Waals surface area contributed by atoms with Gasteiger partial charge in [-0.2, -0.15) is 0 Å². The van der Waals surface area contributed by atoms with Crippen molar-refractivity contribution in [2.24, 2.45) is 5.73 Å². The van der Waals surface area contributed by atoms with Crippen LogP contribution in [0.15, 0.2) is 18.2 Å². The molecule has 1 aromatic carbocycles.